The molecule has 2 aliphatic heterocycles. The zero-order valence-corrected chi connectivity index (χ0v) is 17.8. The first-order valence-corrected chi connectivity index (χ1v) is 10.8. The van der Waals surface area contributed by atoms with Crippen molar-refractivity contribution in [1.29, 1.82) is 0 Å². The summed E-state index contributed by atoms with van der Waals surface area (Å²) < 4.78 is 4.07. The molecule has 0 amide bonds. The molecule has 0 aromatic carbocycles. The van der Waals surface area contributed by atoms with E-state index in [1.165, 1.54) is 6.33 Å². The number of imidazole rings is 1. The maximum atomic E-state index is 13.3. The molecule has 0 aliphatic carbocycles. The number of fused-ring (bicyclic) bond motifs is 4. The van der Waals surface area contributed by atoms with Gasteiger partial charge in [-0.05, 0) is 25.5 Å². The Balaban J connectivity index is 1.31. The monoisotopic (exact) mass is 420 g/mol. The second-order valence-electron chi connectivity index (χ2n) is 8.74. The molecule has 0 saturated carbocycles. The third-order valence-electron chi connectivity index (χ3n) is 6.42. The van der Waals surface area contributed by atoms with Crippen LogP contribution in [0.5, 0.6) is 0 Å². The van der Waals surface area contributed by atoms with Gasteiger partial charge < -0.3 is 24.7 Å². The fraction of sp³-hybridized carbons (Fsp3) is 0.455. The average molecular weight is 421 g/mol. The van der Waals surface area contributed by atoms with Crippen LogP contribution in [0.1, 0.15) is 23.6 Å². The molecule has 0 unspecified atom stereocenters. The van der Waals surface area contributed by atoms with Gasteiger partial charge in [0.15, 0.2) is 0 Å². The number of nitrogens with zero attached hydrogens (tertiary/aromatic N) is 7. The summed E-state index contributed by atoms with van der Waals surface area (Å²) >= 11 is 0. The van der Waals surface area contributed by atoms with Crippen molar-refractivity contribution in [3.8, 4) is 0 Å². The molecule has 0 spiro atoms. The molecular formula is C22H28N8O. The van der Waals surface area contributed by atoms with Gasteiger partial charge in [0.25, 0.3) is 5.56 Å². The maximum Gasteiger partial charge on any atom is 0.255 e. The maximum absolute atomic E-state index is 13.3. The minimum Gasteiger partial charge on any atom is -0.384 e. The fourth-order valence-electron chi connectivity index (χ4n) is 4.91. The molecule has 3 aromatic rings. The number of nitrogen functional groups attached to an aromatic ring is 1. The molecule has 5 heterocycles. The molecule has 31 heavy (non-hydrogen) atoms. The third kappa shape index (κ3) is 4.05. The van der Waals surface area contributed by atoms with Gasteiger partial charge in [0.1, 0.15) is 18.0 Å². The zero-order chi connectivity index (χ0) is 21.4. The first-order chi connectivity index (χ1) is 15.1. The highest BCUT2D eigenvalue weighted by Gasteiger charge is 2.35. The number of hydrogen-bond acceptors (Lipinski definition) is 7. The van der Waals surface area contributed by atoms with Crippen LogP contribution in [0.25, 0.3) is 0 Å². The first kappa shape index (κ1) is 19.7. The molecule has 3 aromatic heterocycles. The quantitative estimate of drug-likeness (QED) is 0.639. The largest absolute Gasteiger partial charge is 0.384 e. The summed E-state index contributed by atoms with van der Waals surface area (Å²) in [4.78, 5) is 30.2. The van der Waals surface area contributed by atoms with Crippen LogP contribution >= 0.6 is 0 Å². The van der Waals surface area contributed by atoms with E-state index in [-0.39, 0.29) is 5.56 Å². The highest BCUT2D eigenvalue weighted by Crippen LogP contribution is 2.36. The van der Waals surface area contributed by atoms with E-state index < -0.39 is 0 Å². The van der Waals surface area contributed by atoms with Crippen LogP contribution < -0.4 is 16.2 Å². The SMILES string of the molecule is CN(CCn1ccnc1)Cc1ccc2n(c1=O)C[C@H]1C[C@@H]2CN(c2cc(N)ncn2)C1. The van der Waals surface area contributed by atoms with Crippen molar-refractivity contribution in [2.24, 2.45) is 5.92 Å². The van der Waals surface area contributed by atoms with E-state index in [0.29, 0.717) is 24.2 Å². The number of nitrogens with two attached hydrogens (primary N) is 1. The molecule has 2 atom stereocenters. The summed E-state index contributed by atoms with van der Waals surface area (Å²) in [5, 5.41) is 0. The molecule has 2 bridgehead atoms. The van der Waals surface area contributed by atoms with Gasteiger partial charge in [-0.25, -0.2) is 15.0 Å². The number of rotatable bonds is 6. The smallest absolute Gasteiger partial charge is 0.255 e. The number of hydrogen-bond donors (Lipinski definition) is 1. The molecule has 2 aliphatic rings. The molecule has 2 N–H and O–H groups in total. The highest BCUT2D eigenvalue weighted by atomic mass is 16.1. The molecular weight excluding hydrogens is 392 g/mol. The van der Waals surface area contributed by atoms with Gasteiger partial charge in [0.05, 0.1) is 6.33 Å². The van der Waals surface area contributed by atoms with Crippen molar-refractivity contribution < 1.29 is 0 Å². The van der Waals surface area contributed by atoms with E-state index in [1.807, 2.05) is 29.2 Å². The van der Waals surface area contributed by atoms with Gasteiger partial charge in [-0.3, -0.25) is 4.79 Å². The molecule has 162 valence electrons. The molecule has 5 rings (SSSR count). The van der Waals surface area contributed by atoms with Crippen LogP contribution in [0.2, 0.25) is 0 Å². The van der Waals surface area contributed by atoms with Crippen LogP contribution in [-0.2, 0) is 19.6 Å². The van der Waals surface area contributed by atoms with Gasteiger partial charge in [-0.1, -0.05) is 6.07 Å². The first-order valence-electron chi connectivity index (χ1n) is 10.8. The van der Waals surface area contributed by atoms with Crippen LogP contribution in [0.15, 0.2) is 48.0 Å². The normalized spacial score (nSPS) is 20.1. The van der Waals surface area contributed by atoms with Crippen LogP contribution in [0, 0.1) is 5.92 Å². The Hall–Kier alpha value is -3.20. The minimum atomic E-state index is 0.154. The highest BCUT2D eigenvalue weighted by molar-refractivity contribution is 5.47. The summed E-state index contributed by atoms with van der Waals surface area (Å²) in [6.45, 7) is 4.85. The van der Waals surface area contributed by atoms with Gasteiger partial charge in [-0.15, -0.1) is 0 Å². The summed E-state index contributed by atoms with van der Waals surface area (Å²) in [5.41, 5.74) is 8.00. The predicted molar refractivity (Wildman–Crippen MR) is 119 cm³/mol. The topological polar surface area (TPSA) is 98.1 Å². The lowest BCUT2D eigenvalue weighted by Gasteiger charge is -2.43. The number of likely N-dealkylation sites (N-methyl/N-ethyl adjacent to an activating group) is 1. The fourth-order valence-corrected chi connectivity index (χ4v) is 4.91. The van der Waals surface area contributed by atoms with Gasteiger partial charge in [0.2, 0.25) is 0 Å². The van der Waals surface area contributed by atoms with Crippen molar-refractivity contribution in [1.82, 2.24) is 29.0 Å². The van der Waals surface area contributed by atoms with Crippen LogP contribution in [0.4, 0.5) is 11.6 Å². The van der Waals surface area contributed by atoms with Crippen LogP contribution in [0.3, 0.4) is 0 Å². The summed E-state index contributed by atoms with van der Waals surface area (Å²) in [7, 11) is 2.06. The molecule has 9 nitrogen and oxygen atoms in total. The van der Waals surface area contributed by atoms with Crippen molar-refractivity contribution in [3.63, 3.8) is 0 Å². The van der Waals surface area contributed by atoms with E-state index in [0.717, 1.165) is 56.2 Å². The van der Waals surface area contributed by atoms with Gasteiger partial charge >= 0.3 is 0 Å². The average Bonchev–Trinajstić information content (AvgIpc) is 3.28. The predicted octanol–water partition coefficient (Wildman–Crippen LogP) is 1.17. The number of anilines is 2. The number of pyridine rings is 1. The zero-order valence-electron chi connectivity index (χ0n) is 17.8. The second-order valence-corrected chi connectivity index (χ2v) is 8.74. The van der Waals surface area contributed by atoms with Crippen molar-refractivity contribution in [2.45, 2.75) is 32.0 Å². The Bertz CT molecular complexity index is 1110. The van der Waals surface area contributed by atoms with E-state index in [4.69, 9.17) is 5.73 Å². The Labute approximate surface area is 181 Å². The lowest BCUT2D eigenvalue weighted by Crippen LogP contribution is -2.48. The molecule has 1 saturated heterocycles. The number of piperidine rings is 1. The Kier molecular flexibility index (Phi) is 5.19. The Morgan fingerprint density at radius 1 is 1.23 bits per heavy atom. The lowest BCUT2D eigenvalue weighted by molar-refractivity contribution is 0.275. The van der Waals surface area contributed by atoms with E-state index in [1.54, 1.807) is 6.20 Å². The Morgan fingerprint density at radius 3 is 2.94 bits per heavy atom. The van der Waals surface area contributed by atoms with E-state index >= 15 is 0 Å². The van der Waals surface area contributed by atoms with Crippen molar-refractivity contribution in [2.75, 3.05) is 37.3 Å². The van der Waals surface area contributed by atoms with Crippen molar-refractivity contribution >= 4 is 11.6 Å². The van der Waals surface area contributed by atoms with Crippen LogP contribution in [-0.4, -0.2) is 55.7 Å². The second kappa shape index (κ2) is 8.14. The van der Waals surface area contributed by atoms with Gasteiger partial charge in [-0.2, -0.15) is 0 Å². The lowest BCUT2D eigenvalue weighted by atomic mass is 9.83. The van der Waals surface area contributed by atoms with E-state index in [2.05, 4.69) is 42.4 Å². The number of aromatic nitrogens is 5. The van der Waals surface area contributed by atoms with E-state index in [9.17, 15) is 4.79 Å². The molecule has 0 radical (unpaired) electrons. The Morgan fingerprint density at radius 2 is 2.13 bits per heavy atom. The third-order valence-corrected chi connectivity index (χ3v) is 6.42. The molecule has 9 heteroatoms. The summed E-state index contributed by atoms with van der Waals surface area (Å²) in [5.74, 6) is 2.10. The molecule has 1 fully saturated rings. The minimum absolute atomic E-state index is 0.154. The van der Waals surface area contributed by atoms with Crippen molar-refractivity contribution in [3.05, 3.63) is 64.9 Å². The summed E-state index contributed by atoms with van der Waals surface area (Å²) in [6, 6.07) is 6.00. The summed E-state index contributed by atoms with van der Waals surface area (Å²) in [6.07, 6.45) is 8.19. The standard InChI is InChI=1S/C22H28N8O/c1-27(6-7-28-5-4-24-15-28)12-17-2-3-19-18-8-16(11-30(19)22(17)31)10-29(13-18)21-9-20(23)25-14-26-21/h2-5,9,14-16,18H,6-8,10-13H2,1H3,(H2,23,25,26)/t16-,18+/m0/s1. The van der Waals surface area contributed by atoms with Gasteiger partial charge in [0, 0.05) is 74.9 Å².